The number of nitrogens with one attached hydrogen (secondary N) is 8. The number of rotatable bonds is 25. The zero-order valence-corrected chi connectivity index (χ0v) is 81.1. The van der Waals surface area contributed by atoms with Crippen LogP contribution in [0.5, 0.6) is 80.5 Å². The number of carboxylic acids is 1. The molecule has 786 valence electrons. The van der Waals surface area contributed by atoms with Crippen molar-refractivity contribution in [2.24, 2.45) is 11.7 Å². The van der Waals surface area contributed by atoms with Gasteiger partial charge in [-0.05, 0) is 149 Å². The van der Waals surface area contributed by atoms with Crippen LogP contribution in [-0.4, -0.2) is 249 Å². The summed E-state index contributed by atoms with van der Waals surface area (Å²) in [5.74, 6) is -19.8. The molecule has 0 saturated carbocycles. The monoisotopic (exact) mass is 2110 g/mol. The van der Waals surface area contributed by atoms with E-state index >= 15 is 24.0 Å². The van der Waals surface area contributed by atoms with Crippen LogP contribution >= 0.6 is 31.0 Å². The molecule has 45 nitrogen and oxygen atoms in total. The number of aliphatic hydroxyl groups excluding tert-OH is 9. The lowest BCUT2D eigenvalue weighted by Crippen LogP contribution is -2.65. The Bertz CT molecular complexity index is 6480. The van der Waals surface area contributed by atoms with Gasteiger partial charge in [0, 0.05) is 48.6 Å². The first kappa shape index (κ1) is 107. The molecule has 17 bridgehead atoms. The summed E-state index contributed by atoms with van der Waals surface area (Å²) in [4.78, 5) is 140. The maximum Gasteiger partial charge on any atom is 0.587 e. The summed E-state index contributed by atoms with van der Waals surface area (Å²) in [6, 6.07) is 15.1. The molecule has 9 aliphatic heterocycles. The third kappa shape index (κ3) is 24.1. The number of benzene rings is 9. The van der Waals surface area contributed by atoms with Crippen molar-refractivity contribution in [2.75, 3.05) is 19.8 Å². The number of aromatic hydroxyl groups is 4. The Morgan fingerprint density at radius 2 is 1.05 bits per heavy atom. The number of ether oxygens (including phenoxy) is 9. The smallest absolute Gasteiger partial charge is 0.508 e. The number of unbranched alkanes of at least 4 members (excludes halogenated alkanes) is 3. The van der Waals surface area contributed by atoms with Crippen molar-refractivity contribution in [3.63, 3.8) is 0 Å². The van der Waals surface area contributed by atoms with Gasteiger partial charge >= 0.3 is 13.8 Å². The topological polar surface area (TPSA) is 687 Å². The van der Waals surface area contributed by atoms with Crippen molar-refractivity contribution in [1.82, 2.24) is 42.5 Å². The number of carboxylic acid groups (broad SMARTS) is 1. The van der Waals surface area contributed by atoms with E-state index in [0.717, 1.165) is 111 Å². The molecule has 23 atom stereocenters. The van der Waals surface area contributed by atoms with Crippen molar-refractivity contribution in [2.45, 2.75) is 206 Å². The van der Waals surface area contributed by atoms with Gasteiger partial charge in [-0.25, -0.2) is 9.36 Å². The van der Waals surface area contributed by atoms with Crippen molar-refractivity contribution >= 4 is 84.3 Å². The van der Waals surface area contributed by atoms with Crippen molar-refractivity contribution in [1.29, 1.82) is 0 Å². The Labute approximate surface area is 851 Å². The predicted octanol–water partition coefficient (Wildman–Crippen LogP) is 5.31. The number of hydrogen-bond acceptors (Lipinski definition) is 36. The minimum atomic E-state index is -4.92. The number of hydrogen-bond donors (Lipinski definition) is 23. The highest BCUT2D eigenvalue weighted by Crippen LogP contribution is 2.54. The molecule has 3 saturated heterocycles. The molecule has 3 fully saturated rings. The highest BCUT2D eigenvalue weighted by molar-refractivity contribution is 7.49. The molecule has 9 heterocycles. The van der Waals surface area contributed by atoms with Crippen molar-refractivity contribution < 1.29 is 175 Å². The highest BCUT2D eigenvalue weighted by Gasteiger charge is 2.53. The molecule has 0 aliphatic carbocycles. The number of amides is 8. The number of phosphoric acid groups is 1. The van der Waals surface area contributed by atoms with Gasteiger partial charge in [-0.1, -0.05) is 123 Å². The number of carbonyl (C=O) groups is 9. The summed E-state index contributed by atoms with van der Waals surface area (Å²) in [7, 11) is -4.92. The van der Waals surface area contributed by atoms with Crippen LogP contribution in [0.4, 0.5) is 0 Å². The van der Waals surface area contributed by atoms with Crippen LogP contribution in [0.15, 0.2) is 176 Å². The van der Waals surface area contributed by atoms with Gasteiger partial charge in [0.05, 0.1) is 29.9 Å². The van der Waals surface area contributed by atoms with E-state index in [1.54, 1.807) is 12.1 Å². The zero-order chi connectivity index (χ0) is 106. The van der Waals surface area contributed by atoms with E-state index in [1.165, 1.54) is 78.9 Å². The molecule has 48 heteroatoms. The fraction of sp³-hybridized carbons (Fsp3) is 0.370. The number of carbonyl (C=O) groups excluding carboxylic acids is 8. The van der Waals surface area contributed by atoms with E-state index in [-0.39, 0.29) is 51.3 Å². The molecule has 18 rings (SSSR count). The maximum atomic E-state index is 17.2. The summed E-state index contributed by atoms with van der Waals surface area (Å²) in [5, 5.41) is 184. The molecule has 24 N–H and O–H groups in total. The molecule has 8 amide bonds. The second-order valence-electron chi connectivity index (χ2n) is 36.6. The van der Waals surface area contributed by atoms with Crippen LogP contribution < -0.4 is 81.0 Å². The second kappa shape index (κ2) is 45.9. The minimum absolute atomic E-state index is 0.0159. The number of phenols is 4. The first-order chi connectivity index (χ1) is 70.7. The Morgan fingerprint density at radius 3 is 1.68 bits per heavy atom. The lowest BCUT2D eigenvalue weighted by atomic mass is 9.89. The van der Waals surface area contributed by atoms with Gasteiger partial charge in [0.25, 0.3) is 0 Å². The highest BCUT2D eigenvalue weighted by atomic mass is 35.5. The quantitative estimate of drug-likeness (QED) is 0.0254. The summed E-state index contributed by atoms with van der Waals surface area (Å²) in [6.45, 7) is 1.90. The number of nitrogens with two attached hydrogens (primary N) is 1. The summed E-state index contributed by atoms with van der Waals surface area (Å²) in [6.07, 6.45) is -27.1. The largest absolute Gasteiger partial charge is 0.587 e. The first-order valence-electron chi connectivity index (χ1n) is 46.9. The maximum absolute atomic E-state index is 17.2. The summed E-state index contributed by atoms with van der Waals surface area (Å²) >= 11 is 14.8. The lowest BCUT2D eigenvalue weighted by molar-refractivity contribution is -0.284. The molecule has 0 radical (unpaired) electrons. The fourth-order valence-electron chi connectivity index (χ4n) is 17.9. The van der Waals surface area contributed by atoms with E-state index < -0.39 is 323 Å². The average molecular weight is 2110 g/mol. The minimum Gasteiger partial charge on any atom is -0.508 e. The van der Waals surface area contributed by atoms with E-state index in [9.17, 15) is 95.2 Å². The molecule has 0 unspecified atom stereocenters. The number of aliphatic hydroxyl groups is 9. The third-order valence-corrected chi connectivity index (χ3v) is 27.4. The Kier molecular flexibility index (Phi) is 33.2. The van der Waals surface area contributed by atoms with Crippen LogP contribution in [0.25, 0.3) is 11.1 Å². The van der Waals surface area contributed by atoms with Crippen molar-refractivity contribution in [3.05, 3.63) is 225 Å². The van der Waals surface area contributed by atoms with Crippen LogP contribution in [0, 0.1) is 5.92 Å². The molecule has 9 aliphatic rings. The van der Waals surface area contributed by atoms with Gasteiger partial charge in [0.15, 0.2) is 35.3 Å². The number of fused-ring (bicyclic) bond motifs is 14. The van der Waals surface area contributed by atoms with Gasteiger partial charge in [0.2, 0.25) is 65.6 Å². The Hall–Kier alpha value is -13.8. The predicted molar refractivity (Wildman–Crippen MR) is 514 cm³/mol. The van der Waals surface area contributed by atoms with Crippen LogP contribution in [0.2, 0.25) is 10.0 Å². The van der Waals surface area contributed by atoms with Gasteiger partial charge in [0.1, 0.15) is 167 Å². The van der Waals surface area contributed by atoms with E-state index in [0.29, 0.717) is 18.8 Å². The number of aliphatic carboxylic acids is 1. The average Bonchev–Trinajstić information content (AvgIpc) is 0.762. The second-order valence-corrected chi connectivity index (χ2v) is 38.9. The lowest BCUT2D eigenvalue weighted by Gasteiger charge is -2.44. The summed E-state index contributed by atoms with van der Waals surface area (Å²) in [5.41, 5.74) is 2.53. The molecular weight excluding hydrogens is 2010 g/mol. The molecule has 0 aromatic heterocycles. The van der Waals surface area contributed by atoms with Gasteiger partial charge < -0.3 is 171 Å². The van der Waals surface area contributed by atoms with Gasteiger partial charge in [-0.15, -0.1) is 0 Å². The molecule has 9 aromatic carbocycles. The normalized spacial score (nSPS) is 27.1. The third-order valence-electron chi connectivity index (χ3n) is 25.5. The van der Waals surface area contributed by atoms with Crippen LogP contribution in [0.1, 0.15) is 135 Å². The van der Waals surface area contributed by atoms with Gasteiger partial charge in [-0.2, -0.15) is 0 Å². The van der Waals surface area contributed by atoms with Gasteiger partial charge in [-0.3, -0.25) is 42.9 Å². The molecule has 0 spiro atoms. The van der Waals surface area contributed by atoms with E-state index in [2.05, 4.69) is 56.4 Å². The summed E-state index contributed by atoms with van der Waals surface area (Å²) < 4.78 is 90.6. The standard InChI is InChI=1S/C100H106Cl2N9O36P/c1-43(2)14-8-4-5-13-19-72(119)106-80-86(124)83(121)70(41-113)142-99(80)145-90-67-35-50-36-68(90)139-64-27-23-48(33-59(64)102)89(144-98-79(104-44(3)114)85(123)82(120)69(40-112)141-98)81-96(132)110-78(97(133)134)57-38-52(116)39-66(140-100-88(126)87(125)84(122)71(143-100)42-136-148(135,146-53-15-9-6-10-16-53)147-54-17-11-7-12-18-54)73(57)56-32-47(22-24-61(56)117)75(93(129)111-81)108-95(131)77(50)109-94(130)76-49-30-51(115)37-55(31-49)137-65-34-46(21-25-62(65)118)74(103)92(128)105-60(91(127)107-76)29-45-20-26-63(138-67)58(101)28-45/h6-7,9-12,15-18,20-28,30-39,43,60,69-71,74-89,98-100,112-113,115-118,120-126H,4-5,8,13-14,19,29,40-42,103H2,1-3H3,(H,104,114)(H,105,128)(H,106,119)(H,107,127)(H,108,131)(H,109,130)(H,110,132)(H,111,129)(H,133,134)/t60-,69-,70-,71-,74-,75-,76+,77-,78+,79-,80-,81+,82-,83-,84-,85-,86-,87+,88+,89-,98+,99+,100+/m1/s1. The molecule has 148 heavy (non-hydrogen) atoms. The molecule has 9 aromatic rings. The van der Waals surface area contributed by atoms with E-state index in [4.69, 9.17) is 85.1 Å². The molecular formula is C100H106Cl2N9O36P. The Morgan fingerprint density at radius 1 is 0.500 bits per heavy atom. The van der Waals surface area contributed by atoms with Crippen molar-refractivity contribution in [3.8, 4) is 91.6 Å². The Balaban J connectivity index is 0.915. The fourth-order valence-corrected chi connectivity index (χ4v) is 19.6. The number of phenolic OH excluding ortho intramolecular Hbond substituents is 4. The zero-order valence-electron chi connectivity index (χ0n) is 78.7. The van der Waals surface area contributed by atoms with Crippen LogP contribution in [0.3, 0.4) is 0 Å². The number of halogens is 2. The first-order valence-corrected chi connectivity index (χ1v) is 49.1. The number of phosphoric ester groups is 1. The van der Waals surface area contributed by atoms with Crippen LogP contribution in [-0.2, 0) is 77.6 Å². The number of para-hydroxylation sites is 2. The SMILES string of the molecule is CC(=O)N[C@H]1[C@H](O[C@@H]2c3ccc(c(Cl)c3)Oc3cc4cc(c3O[C@@H]3O[C@H](CO)[C@@H](O)[C@H](O)[C@H]3NC(=O)CCCCCCC(C)C)Oc3ccc(cc3Cl)C[C@H]3NC(=O)[C@H](N)c5ccc(O)c(c5)Oc5cc(O)cc(c5)[C@H](NC3=O)C(=O)N[C@H]4C(=O)N[C@H]3C(=O)N[C@@H]2C(=O)N[C@H](C(=O)O)c2cc(O)cc(O[C@H]4O[C@H](COP(=O)(Oc5ccccc5)Oc5ccccc5)[C@@H](O)[C@H](O)[C@@H]4O)c2-c2cc3ccc2O)O[C@H](CO)[C@@H](O)[C@@H]1O. The van der Waals surface area contributed by atoms with E-state index in [1.807, 2.05) is 0 Å².